The minimum absolute atomic E-state index is 0.141. The van der Waals surface area contributed by atoms with Crippen molar-refractivity contribution in [2.75, 3.05) is 0 Å². The number of urea groups is 1. The number of nitrogens with one attached hydrogen (secondary N) is 1. The molecular weight excluding hydrogens is 248 g/mol. The predicted molar refractivity (Wildman–Crippen MR) is 67.0 cm³/mol. The molecule has 106 valence electrons. The van der Waals surface area contributed by atoms with E-state index < -0.39 is 23.8 Å². The summed E-state index contributed by atoms with van der Waals surface area (Å²) in [7, 11) is 0. The Morgan fingerprint density at radius 1 is 1.16 bits per heavy atom. The molecule has 1 unspecified atom stereocenters. The zero-order chi connectivity index (χ0) is 14.2. The van der Waals surface area contributed by atoms with Crippen LogP contribution in [0.25, 0.3) is 0 Å². The molecule has 1 aliphatic heterocycles. The van der Waals surface area contributed by atoms with Crippen LogP contribution < -0.4 is 5.32 Å². The Labute approximate surface area is 112 Å². The summed E-state index contributed by atoms with van der Waals surface area (Å²) in [4.78, 5) is 37.1. The van der Waals surface area contributed by atoms with Crippen molar-refractivity contribution >= 4 is 17.8 Å². The molecule has 0 aromatic heterocycles. The zero-order valence-electron chi connectivity index (χ0n) is 11.3. The van der Waals surface area contributed by atoms with Crippen LogP contribution in [0.3, 0.4) is 0 Å². The number of hydrogen-bond donors (Lipinski definition) is 2. The van der Waals surface area contributed by atoms with Crippen molar-refractivity contribution in [2.45, 2.75) is 51.7 Å². The van der Waals surface area contributed by atoms with Gasteiger partial charge < -0.3 is 5.11 Å². The Kier molecular flexibility index (Phi) is 3.89. The number of aliphatic hydroxyl groups is 1. The van der Waals surface area contributed by atoms with Crippen molar-refractivity contribution in [1.82, 2.24) is 10.2 Å². The molecule has 2 aliphatic rings. The maximum absolute atomic E-state index is 12.4. The normalized spacial score (nSPS) is 32.7. The molecule has 2 N–H and O–H groups in total. The molecule has 2 rings (SSSR count). The van der Waals surface area contributed by atoms with Crippen LogP contribution in [-0.4, -0.2) is 40.0 Å². The van der Waals surface area contributed by atoms with E-state index in [1.807, 2.05) is 0 Å². The molecule has 0 bridgehead atoms. The van der Waals surface area contributed by atoms with Crippen molar-refractivity contribution in [3.05, 3.63) is 0 Å². The van der Waals surface area contributed by atoms with E-state index in [-0.39, 0.29) is 18.1 Å². The molecule has 1 aliphatic carbocycles. The molecule has 4 amide bonds. The van der Waals surface area contributed by atoms with Gasteiger partial charge in [0, 0.05) is 6.04 Å². The highest BCUT2D eigenvalue weighted by atomic mass is 16.3. The lowest BCUT2D eigenvalue weighted by atomic mass is 9.87. The molecule has 2 fully saturated rings. The van der Waals surface area contributed by atoms with Gasteiger partial charge >= 0.3 is 6.03 Å². The zero-order valence-corrected chi connectivity index (χ0v) is 11.3. The molecular formula is C13H20N2O4. The van der Waals surface area contributed by atoms with Gasteiger partial charge in [-0.15, -0.1) is 0 Å². The topological polar surface area (TPSA) is 86.7 Å². The van der Waals surface area contributed by atoms with E-state index in [1.165, 1.54) is 4.90 Å². The van der Waals surface area contributed by atoms with Crippen LogP contribution >= 0.6 is 0 Å². The third-order valence-corrected chi connectivity index (χ3v) is 3.93. The Bertz CT molecular complexity index is 399. The maximum atomic E-state index is 12.4. The van der Waals surface area contributed by atoms with E-state index in [0.29, 0.717) is 25.7 Å². The fraction of sp³-hybridized carbons (Fsp3) is 0.769. The van der Waals surface area contributed by atoms with E-state index in [2.05, 4.69) is 5.32 Å². The summed E-state index contributed by atoms with van der Waals surface area (Å²) in [5.41, 5.74) is 0. The monoisotopic (exact) mass is 268 g/mol. The van der Waals surface area contributed by atoms with Crippen LogP contribution in [-0.2, 0) is 9.59 Å². The molecule has 19 heavy (non-hydrogen) atoms. The van der Waals surface area contributed by atoms with Crippen molar-refractivity contribution in [3.8, 4) is 0 Å². The lowest BCUT2D eigenvalue weighted by Gasteiger charge is -2.39. The molecule has 0 aromatic rings. The van der Waals surface area contributed by atoms with Gasteiger partial charge in [-0.1, -0.05) is 13.8 Å². The minimum Gasteiger partial charge on any atom is -0.393 e. The summed E-state index contributed by atoms with van der Waals surface area (Å²) in [6.45, 7) is 3.58. The SMILES string of the molecule is CC(C)C1C(=O)NC(=O)N(C2CCC(O)CC2)C1=O. The van der Waals surface area contributed by atoms with Crippen LogP contribution in [0.5, 0.6) is 0 Å². The molecule has 1 saturated carbocycles. The molecule has 1 saturated heterocycles. The number of imide groups is 2. The average Bonchev–Trinajstić information content (AvgIpc) is 2.30. The second-order valence-electron chi connectivity index (χ2n) is 5.69. The minimum atomic E-state index is -0.787. The lowest BCUT2D eigenvalue weighted by Crippen LogP contribution is -2.62. The number of barbiturate groups is 1. The molecule has 0 aromatic carbocycles. The van der Waals surface area contributed by atoms with E-state index in [1.54, 1.807) is 13.8 Å². The molecule has 6 nitrogen and oxygen atoms in total. The van der Waals surface area contributed by atoms with Gasteiger partial charge in [0.1, 0.15) is 5.92 Å². The standard InChI is InChI=1S/C13H20N2O4/c1-7(2)10-11(17)14-13(19)15(12(10)18)8-3-5-9(16)6-4-8/h7-10,16H,3-6H2,1-2H3,(H,14,17,19). The van der Waals surface area contributed by atoms with Gasteiger partial charge in [-0.3, -0.25) is 19.8 Å². The van der Waals surface area contributed by atoms with Crippen LogP contribution in [0.1, 0.15) is 39.5 Å². The van der Waals surface area contributed by atoms with Crippen molar-refractivity contribution in [1.29, 1.82) is 0 Å². The predicted octanol–water partition coefficient (Wildman–Crippen LogP) is 0.640. The molecule has 0 radical (unpaired) electrons. The van der Waals surface area contributed by atoms with Gasteiger partial charge in [-0.2, -0.15) is 0 Å². The summed E-state index contributed by atoms with van der Waals surface area (Å²) in [6.07, 6.45) is 2.02. The second-order valence-corrected chi connectivity index (χ2v) is 5.69. The van der Waals surface area contributed by atoms with Crippen LogP contribution in [0, 0.1) is 11.8 Å². The van der Waals surface area contributed by atoms with E-state index >= 15 is 0 Å². The summed E-state index contributed by atoms with van der Waals surface area (Å²) in [5.74, 6) is -1.83. The number of aliphatic hydroxyl groups excluding tert-OH is 1. The molecule has 6 heteroatoms. The van der Waals surface area contributed by atoms with E-state index in [0.717, 1.165) is 0 Å². The fourth-order valence-electron chi connectivity index (χ4n) is 2.86. The van der Waals surface area contributed by atoms with E-state index in [4.69, 9.17) is 0 Å². The first kappa shape index (κ1) is 14.0. The Hall–Kier alpha value is -1.43. The maximum Gasteiger partial charge on any atom is 0.331 e. The third-order valence-electron chi connectivity index (χ3n) is 3.93. The van der Waals surface area contributed by atoms with Crippen LogP contribution in [0.15, 0.2) is 0 Å². The summed E-state index contributed by atoms with van der Waals surface area (Å²) in [5, 5.41) is 11.7. The number of rotatable bonds is 2. The van der Waals surface area contributed by atoms with Gasteiger partial charge in [0.2, 0.25) is 11.8 Å². The fourth-order valence-corrected chi connectivity index (χ4v) is 2.86. The number of carbonyl (C=O) groups excluding carboxylic acids is 3. The molecule has 1 heterocycles. The lowest BCUT2D eigenvalue weighted by molar-refractivity contribution is -0.146. The van der Waals surface area contributed by atoms with Gasteiger partial charge in [0.15, 0.2) is 0 Å². The smallest absolute Gasteiger partial charge is 0.331 e. The first-order valence-electron chi connectivity index (χ1n) is 6.77. The summed E-state index contributed by atoms with van der Waals surface area (Å²) in [6, 6.07) is -0.821. The molecule has 0 spiro atoms. The van der Waals surface area contributed by atoms with Crippen LogP contribution in [0.2, 0.25) is 0 Å². The third kappa shape index (κ3) is 2.63. The summed E-state index contributed by atoms with van der Waals surface area (Å²) < 4.78 is 0. The molecule has 1 atom stereocenters. The first-order chi connectivity index (χ1) is 8.91. The Morgan fingerprint density at radius 3 is 2.26 bits per heavy atom. The number of amides is 4. The van der Waals surface area contributed by atoms with E-state index in [9.17, 15) is 19.5 Å². The van der Waals surface area contributed by atoms with Gasteiger partial charge in [-0.05, 0) is 31.6 Å². The number of carbonyl (C=O) groups is 3. The average molecular weight is 268 g/mol. The first-order valence-corrected chi connectivity index (χ1v) is 6.77. The number of hydrogen-bond acceptors (Lipinski definition) is 4. The van der Waals surface area contributed by atoms with Crippen LogP contribution in [0.4, 0.5) is 4.79 Å². The van der Waals surface area contributed by atoms with Crippen molar-refractivity contribution in [2.24, 2.45) is 11.8 Å². The van der Waals surface area contributed by atoms with Gasteiger partial charge in [-0.25, -0.2) is 4.79 Å². The second kappa shape index (κ2) is 5.28. The Morgan fingerprint density at radius 2 is 1.74 bits per heavy atom. The Balaban J connectivity index is 2.16. The number of nitrogens with zero attached hydrogens (tertiary/aromatic N) is 1. The highest BCUT2D eigenvalue weighted by Gasteiger charge is 2.45. The van der Waals surface area contributed by atoms with Gasteiger partial charge in [0.25, 0.3) is 0 Å². The highest BCUT2D eigenvalue weighted by Crippen LogP contribution is 2.28. The summed E-state index contributed by atoms with van der Waals surface area (Å²) >= 11 is 0. The van der Waals surface area contributed by atoms with Gasteiger partial charge in [0.05, 0.1) is 6.10 Å². The largest absolute Gasteiger partial charge is 0.393 e. The quantitative estimate of drug-likeness (QED) is 0.720. The van der Waals surface area contributed by atoms with Crippen molar-refractivity contribution < 1.29 is 19.5 Å². The highest BCUT2D eigenvalue weighted by molar-refractivity contribution is 6.16. The van der Waals surface area contributed by atoms with Crippen molar-refractivity contribution in [3.63, 3.8) is 0 Å².